The predicted molar refractivity (Wildman–Crippen MR) is 236 cm³/mol. The normalized spacial score (nSPS) is 11.7. The second-order valence-corrected chi connectivity index (χ2v) is 15.4. The molecule has 0 spiro atoms. The molecule has 0 heterocycles. The van der Waals surface area contributed by atoms with E-state index in [4.69, 9.17) is 19.9 Å². The van der Waals surface area contributed by atoms with E-state index in [2.05, 4.69) is 54.1 Å². The van der Waals surface area contributed by atoms with Crippen molar-refractivity contribution in [2.24, 2.45) is 11.7 Å². The highest BCUT2D eigenvalue weighted by atomic mass is 32.1. The van der Waals surface area contributed by atoms with Gasteiger partial charge in [-0.15, -0.1) is 0 Å². The summed E-state index contributed by atoms with van der Waals surface area (Å²) in [6.07, 6.45) is 11.3. The second kappa shape index (κ2) is 40.1. The van der Waals surface area contributed by atoms with Gasteiger partial charge in [0.2, 0.25) is 52.6 Å². The third kappa shape index (κ3) is 31.2. The third-order valence-electron chi connectivity index (χ3n) is 9.28. The molecule has 13 nitrogen and oxygen atoms in total. The number of nitrogens with two attached hydrogens (primary N) is 1. The summed E-state index contributed by atoms with van der Waals surface area (Å²) in [5, 5.41) is 9.02. The summed E-state index contributed by atoms with van der Waals surface area (Å²) in [4.78, 5) is 60.8. The van der Waals surface area contributed by atoms with Crippen molar-refractivity contribution in [1.29, 1.82) is 0 Å². The molecule has 1 unspecified atom stereocenters. The Kier molecular flexibility index (Phi) is 39.3. The van der Waals surface area contributed by atoms with E-state index in [1.165, 1.54) is 19.3 Å². The average molecular weight is 931 g/mol. The van der Waals surface area contributed by atoms with Crippen LogP contribution in [0.15, 0.2) is 0 Å². The number of ketones is 1. The van der Waals surface area contributed by atoms with Crippen molar-refractivity contribution in [1.82, 2.24) is 16.0 Å². The van der Waals surface area contributed by atoms with E-state index in [9.17, 15) is 45.9 Å². The van der Waals surface area contributed by atoms with Crippen LogP contribution in [-0.2, 0) is 38.2 Å². The van der Waals surface area contributed by atoms with Gasteiger partial charge < -0.3 is 40.6 Å². The van der Waals surface area contributed by atoms with Crippen LogP contribution in [0.4, 0.5) is 22.0 Å². The molecule has 1 aromatic carbocycles. The van der Waals surface area contributed by atoms with E-state index in [-0.39, 0.29) is 61.7 Å². The number of nitrogens with one attached hydrogen (secondary N) is 3. The lowest BCUT2D eigenvalue weighted by atomic mass is 9.81. The zero-order valence-electron chi connectivity index (χ0n) is 38.1. The fourth-order valence-electron chi connectivity index (χ4n) is 5.50. The molecule has 5 N–H and O–H groups in total. The first-order valence-corrected chi connectivity index (χ1v) is 22.8. The lowest BCUT2D eigenvalue weighted by molar-refractivity contribution is -0.128. The number of carbonyl (C=O) groups is 5. The van der Waals surface area contributed by atoms with Gasteiger partial charge in [0.15, 0.2) is 0 Å². The summed E-state index contributed by atoms with van der Waals surface area (Å²) < 4.78 is 82.3. The topological polar surface area (TPSA) is 184 Å². The number of amides is 3. The van der Waals surface area contributed by atoms with Crippen LogP contribution in [-0.4, -0.2) is 101 Å². The van der Waals surface area contributed by atoms with E-state index in [0.29, 0.717) is 65.4 Å². The molecule has 366 valence electrons. The van der Waals surface area contributed by atoms with E-state index >= 15 is 0 Å². The lowest BCUT2D eigenvalue weighted by Crippen LogP contribution is -2.50. The smallest absolute Gasteiger partial charge is 0.298 e. The molecule has 0 aliphatic heterocycles. The number of unbranched alkanes of at least 4 members (excludes halogenated alkanes) is 5. The molecule has 19 heteroatoms. The maximum absolute atomic E-state index is 13.1. The largest absolute Gasteiger partial charge is 0.422 e. The summed E-state index contributed by atoms with van der Waals surface area (Å²) in [7, 11) is 0. The van der Waals surface area contributed by atoms with Crippen molar-refractivity contribution in [3.05, 3.63) is 29.1 Å². The first kappa shape index (κ1) is 61.7. The van der Waals surface area contributed by atoms with Crippen molar-refractivity contribution in [3.63, 3.8) is 0 Å². The third-order valence-corrected chi connectivity index (χ3v) is 9.59. The maximum Gasteiger partial charge on any atom is 0.298 e. The van der Waals surface area contributed by atoms with Crippen molar-refractivity contribution < 1.29 is 64.9 Å². The monoisotopic (exact) mass is 931 g/mol. The Morgan fingerprint density at radius 1 is 0.619 bits per heavy atom. The molecule has 1 rings (SSSR count). The molecular weight excluding hydrogens is 856 g/mol. The van der Waals surface area contributed by atoms with Gasteiger partial charge in [0.25, 0.3) is 6.47 Å². The van der Waals surface area contributed by atoms with Crippen LogP contribution in [0.3, 0.4) is 0 Å². The number of carbonyl (C=O) groups excluding carboxylic acids is 5. The number of hydrogen-bond donors (Lipinski definition) is 5. The first-order chi connectivity index (χ1) is 30.1. The van der Waals surface area contributed by atoms with Crippen LogP contribution in [0.1, 0.15) is 137 Å². The zero-order valence-corrected chi connectivity index (χ0v) is 39.0. The molecule has 0 bridgehead atoms. The molecule has 0 aliphatic rings. The van der Waals surface area contributed by atoms with E-state index in [1.807, 2.05) is 13.8 Å². The van der Waals surface area contributed by atoms with Gasteiger partial charge >= 0.3 is 0 Å². The molecule has 0 radical (unpaired) electrons. The van der Waals surface area contributed by atoms with Crippen molar-refractivity contribution >= 4 is 42.6 Å². The Morgan fingerprint density at radius 3 is 1.52 bits per heavy atom. The zero-order chi connectivity index (χ0) is 47.9. The number of rotatable bonds is 35. The van der Waals surface area contributed by atoms with Crippen LogP contribution in [0.5, 0.6) is 5.75 Å². The number of hydrogen-bond acceptors (Lipinski definition) is 11. The minimum atomic E-state index is -2.31. The van der Waals surface area contributed by atoms with Crippen molar-refractivity contribution in [3.8, 4) is 5.75 Å². The van der Waals surface area contributed by atoms with Crippen molar-refractivity contribution in [2.75, 3.05) is 65.0 Å². The number of ether oxygens (including phenoxy) is 4. The van der Waals surface area contributed by atoms with Gasteiger partial charge in [-0.05, 0) is 63.7 Å². The van der Waals surface area contributed by atoms with Gasteiger partial charge in [-0.3, -0.25) is 24.0 Å². The molecule has 3 amide bonds. The quantitative estimate of drug-likeness (QED) is 0.0115. The van der Waals surface area contributed by atoms with Gasteiger partial charge in [-0.1, -0.05) is 60.3 Å². The molecule has 0 fully saturated rings. The number of halogens is 5. The van der Waals surface area contributed by atoms with Gasteiger partial charge in [0.05, 0.1) is 33.0 Å². The minimum absolute atomic E-state index is 0.0854. The molecule has 0 aliphatic carbocycles. The standard InChI is InChI=1S/C32H61N3O7S.C7HF5O2.C5H13N/c1-5-7-8-18-33-29(37)12-16-32(15-11-28(36)27(3)4,17-13-30(38)34-19-9-10-26-43)35-31(39)14-21-41-23-25-42-24-22-40-20-6-2;8-2-3(9)5(11)7(14-1-13)6(12)4(2)10;1-2-3-4-5-6/h27,43H,5-26H2,1-4H3,(H,33,37)(H,34,38)(H,35,39);1H;2-6H2,1H3. The summed E-state index contributed by atoms with van der Waals surface area (Å²) in [6.45, 7) is 14.4. The minimum Gasteiger partial charge on any atom is -0.422 e. The Balaban J connectivity index is 0. The molecule has 1 atom stereocenters. The number of thiol groups is 1. The Labute approximate surface area is 377 Å². The fraction of sp³-hybridized carbons (Fsp3) is 0.750. The summed E-state index contributed by atoms with van der Waals surface area (Å²) in [5.74, 6) is -12.4. The van der Waals surface area contributed by atoms with E-state index in [1.54, 1.807) is 0 Å². The first-order valence-electron chi connectivity index (χ1n) is 22.1. The van der Waals surface area contributed by atoms with Gasteiger partial charge in [0, 0.05) is 56.8 Å². The lowest BCUT2D eigenvalue weighted by Gasteiger charge is -2.35. The van der Waals surface area contributed by atoms with Crippen LogP contribution in [0.25, 0.3) is 0 Å². The molecular formula is C44H75F5N4O9S. The Morgan fingerprint density at radius 2 is 1.08 bits per heavy atom. The molecule has 0 aromatic heterocycles. The van der Waals surface area contributed by atoms with E-state index in [0.717, 1.165) is 50.8 Å². The Hall–Kier alpha value is -3.39. The SMILES string of the molecule is CCCCCN.CCCCCNC(=O)CCC(CCC(=O)NCCCCS)(CCC(=O)C(C)C)NC(=O)CCOCCOCCOCCC.O=COc1c(F)c(F)c(F)c(F)c1F. The Bertz CT molecular complexity index is 1360. The van der Waals surface area contributed by atoms with Gasteiger partial charge in [0.1, 0.15) is 5.78 Å². The van der Waals surface area contributed by atoms with E-state index < -0.39 is 46.8 Å². The number of benzene rings is 1. The highest BCUT2D eigenvalue weighted by Crippen LogP contribution is 2.29. The predicted octanol–water partition coefficient (Wildman–Crippen LogP) is 7.44. The fourth-order valence-corrected chi connectivity index (χ4v) is 5.73. The second-order valence-electron chi connectivity index (χ2n) is 15.0. The average Bonchev–Trinajstić information content (AvgIpc) is 3.27. The molecule has 1 aromatic rings. The van der Waals surface area contributed by atoms with Crippen LogP contribution in [0.2, 0.25) is 0 Å². The molecule has 0 saturated heterocycles. The highest BCUT2D eigenvalue weighted by Gasteiger charge is 2.34. The summed E-state index contributed by atoms with van der Waals surface area (Å²) in [5.41, 5.74) is 4.35. The highest BCUT2D eigenvalue weighted by molar-refractivity contribution is 7.80. The summed E-state index contributed by atoms with van der Waals surface area (Å²) >= 11 is 4.21. The van der Waals surface area contributed by atoms with Crippen LogP contribution in [0, 0.1) is 35.0 Å². The van der Waals surface area contributed by atoms with Crippen LogP contribution < -0.4 is 26.4 Å². The van der Waals surface area contributed by atoms with Gasteiger partial charge in [-0.25, -0.2) is 13.2 Å². The van der Waals surface area contributed by atoms with Crippen LogP contribution >= 0.6 is 12.6 Å². The molecule has 63 heavy (non-hydrogen) atoms. The maximum atomic E-state index is 13.1. The number of Topliss-reactive ketones (excluding diaryl/α,β-unsaturated/α-hetero) is 1. The molecule has 0 saturated carbocycles. The van der Waals surface area contributed by atoms with Gasteiger partial charge in [-0.2, -0.15) is 21.4 Å². The summed E-state index contributed by atoms with van der Waals surface area (Å²) in [6, 6.07) is 0. The van der Waals surface area contributed by atoms with Crippen molar-refractivity contribution in [2.45, 2.75) is 143 Å².